The van der Waals surface area contributed by atoms with Crippen molar-refractivity contribution in [2.75, 3.05) is 13.7 Å². The lowest BCUT2D eigenvalue weighted by Gasteiger charge is -2.18. The van der Waals surface area contributed by atoms with Crippen molar-refractivity contribution in [3.8, 4) is 5.75 Å². The van der Waals surface area contributed by atoms with Gasteiger partial charge < -0.3 is 10.1 Å². The zero-order valence-electron chi connectivity index (χ0n) is 12.0. The van der Waals surface area contributed by atoms with Gasteiger partial charge in [-0.3, -0.25) is 4.98 Å². The number of ether oxygens (including phenoxy) is 1. The smallest absolute Gasteiger partial charge is 0.137 e. The molecule has 1 N–H and O–H groups in total. The predicted octanol–water partition coefficient (Wildman–Crippen LogP) is 3.24. The Morgan fingerprint density at radius 2 is 2.05 bits per heavy atom. The van der Waals surface area contributed by atoms with E-state index in [4.69, 9.17) is 4.74 Å². The zero-order valence-corrected chi connectivity index (χ0v) is 12.0. The second-order valence-corrected chi connectivity index (χ2v) is 4.62. The first-order valence-corrected chi connectivity index (χ1v) is 6.66. The number of nitrogens with one attached hydrogen (secondary N) is 1. The van der Waals surface area contributed by atoms with Crippen LogP contribution in [0.5, 0.6) is 5.75 Å². The van der Waals surface area contributed by atoms with E-state index in [1.807, 2.05) is 26.1 Å². The van der Waals surface area contributed by atoms with Gasteiger partial charge in [0.2, 0.25) is 0 Å². The molecule has 0 amide bonds. The molecule has 106 valence electrons. The molecule has 0 aliphatic rings. The molecule has 0 radical (unpaired) electrons. The molecule has 0 saturated carbocycles. The molecule has 1 aromatic carbocycles. The summed E-state index contributed by atoms with van der Waals surface area (Å²) in [6.07, 6.45) is 3.44. The molecule has 3 nitrogen and oxygen atoms in total. The number of aromatic nitrogens is 1. The first-order chi connectivity index (χ1) is 9.65. The van der Waals surface area contributed by atoms with Crippen molar-refractivity contribution >= 4 is 0 Å². The van der Waals surface area contributed by atoms with E-state index >= 15 is 0 Å². The van der Waals surface area contributed by atoms with Crippen LogP contribution in [0.4, 0.5) is 4.39 Å². The van der Waals surface area contributed by atoms with Crippen LogP contribution in [0.25, 0.3) is 0 Å². The first-order valence-electron chi connectivity index (χ1n) is 6.66. The van der Waals surface area contributed by atoms with Gasteiger partial charge in [-0.05, 0) is 49.7 Å². The minimum absolute atomic E-state index is 0.113. The monoisotopic (exact) mass is 274 g/mol. The standard InChI is InChI=1S/C16H19FN2O/c1-4-20-14-7-13(9-19-10-14)16(18-3)12-6-5-11(2)15(17)8-12/h5-10,16,18H,4H2,1-3H3. The fourth-order valence-corrected chi connectivity index (χ4v) is 2.15. The van der Waals surface area contributed by atoms with Crippen molar-refractivity contribution in [1.29, 1.82) is 0 Å². The van der Waals surface area contributed by atoms with Gasteiger partial charge in [0.1, 0.15) is 11.6 Å². The molecule has 0 saturated heterocycles. The lowest BCUT2D eigenvalue weighted by molar-refractivity contribution is 0.338. The van der Waals surface area contributed by atoms with Gasteiger partial charge in [0.05, 0.1) is 18.8 Å². The van der Waals surface area contributed by atoms with Crippen LogP contribution in [0.2, 0.25) is 0 Å². The van der Waals surface area contributed by atoms with E-state index in [9.17, 15) is 4.39 Å². The molecule has 1 aromatic heterocycles. The lowest BCUT2D eigenvalue weighted by atomic mass is 9.99. The average molecular weight is 274 g/mol. The van der Waals surface area contributed by atoms with Crippen LogP contribution < -0.4 is 10.1 Å². The van der Waals surface area contributed by atoms with Gasteiger partial charge in [-0.25, -0.2) is 4.39 Å². The average Bonchev–Trinajstić information content (AvgIpc) is 2.44. The van der Waals surface area contributed by atoms with Crippen LogP contribution in [-0.2, 0) is 0 Å². The normalized spacial score (nSPS) is 12.2. The van der Waals surface area contributed by atoms with Crippen LogP contribution in [0.1, 0.15) is 29.7 Å². The second kappa shape index (κ2) is 6.48. The highest BCUT2D eigenvalue weighted by molar-refractivity contribution is 5.35. The van der Waals surface area contributed by atoms with E-state index in [2.05, 4.69) is 10.3 Å². The summed E-state index contributed by atoms with van der Waals surface area (Å²) in [4.78, 5) is 4.18. The fourth-order valence-electron chi connectivity index (χ4n) is 2.15. The van der Waals surface area contributed by atoms with Gasteiger partial charge in [0.15, 0.2) is 0 Å². The van der Waals surface area contributed by atoms with E-state index < -0.39 is 0 Å². The molecule has 1 atom stereocenters. The van der Waals surface area contributed by atoms with E-state index in [0.29, 0.717) is 12.2 Å². The Hall–Kier alpha value is -1.94. The summed E-state index contributed by atoms with van der Waals surface area (Å²) in [6.45, 7) is 4.27. The Labute approximate surface area is 118 Å². The molecular weight excluding hydrogens is 255 g/mol. The Kier molecular flexibility index (Phi) is 4.69. The highest BCUT2D eigenvalue weighted by Crippen LogP contribution is 2.25. The third-order valence-electron chi connectivity index (χ3n) is 3.20. The number of nitrogens with zero attached hydrogens (tertiary/aromatic N) is 1. The topological polar surface area (TPSA) is 34.1 Å². The van der Waals surface area contributed by atoms with E-state index in [-0.39, 0.29) is 11.9 Å². The number of rotatable bonds is 5. The number of hydrogen-bond acceptors (Lipinski definition) is 3. The van der Waals surface area contributed by atoms with Gasteiger partial charge in [-0.15, -0.1) is 0 Å². The number of pyridine rings is 1. The molecule has 4 heteroatoms. The van der Waals surface area contributed by atoms with Gasteiger partial charge >= 0.3 is 0 Å². The van der Waals surface area contributed by atoms with Crippen LogP contribution in [-0.4, -0.2) is 18.6 Å². The van der Waals surface area contributed by atoms with Crippen molar-refractivity contribution < 1.29 is 9.13 Å². The molecule has 2 aromatic rings. The van der Waals surface area contributed by atoms with Gasteiger partial charge in [-0.1, -0.05) is 12.1 Å². The van der Waals surface area contributed by atoms with Crippen LogP contribution in [0, 0.1) is 12.7 Å². The van der Waals surface area contributed by atoms with Gasteiger partial charge in [-0.2, -0.15) is 0 Å². The number of hydrogen-bond donors (Lipinski definition) is 1. The van der Waals surface area contributed by atoms with Crippen molar-refractivity contribution in [2.24, 2.45) is 0 Å². The molecule has 0 bridgehead atoms. The molecule has 0 spiro atoms. The molecule has 1 heterocycles. The van der Waals surface area contributed by atoms with Crippen molar-refractivity contribution in [1.82, 2.24) is 10.3 Å². The number of aryl methyl sites for hydroxylation is 1. The Morgan fingerprint density at radius 3 is 2.70 bits per heavy atom. The second-order valence-electron chi connectivity index (χ2n) is 4.62. The summed E-state index contributed by atoms with van der Waals surface area (Å²) >= 11 is 0. The van der Waals surface area contributed by atoms with Crippen molar-refractivity contribution in [2.45, 2.75) is 19.9 Å². The lowest BCUT2D eigenvalue weighted by Crippen LogP contribution is -2.18. The van der Waals surface area contributed by atoms with E-state index in [1.165, 1.54) is 0 Å². The number of benzene rings is 1. The third-order valence-corrected chi connectivity index (χ3v) is 3.20. The quantitative estimate of drug-likeness (QED) is 0.909. The largest absolute Gasteiger partial charge is 0.492 e. The highest BCUT2D eigenvalue weighted by Gasteiger charge is 2.14. The zero-order chi connectivity index (χ0) is 14.5. The van der Waals surface area contributed by atoms with Crippen molar-refractivity contribution in [3.63, 3.8) is 0 Å². The van der Waals surface area contributed by atoms with E-state index in [0.717, 1.165) is 16.9 Å². The highest BCUT2D eigenvalue weighted by atomic mass is 19.1. The Morgan fingerprint density at radius 1 is 1.25 bits per heavy atom. The van der Waals surface area contributed by atoms with E-state index in [1.54, 1.807) is 31.5 Å². The maximum absolute atomic E-state index is 13.7. The van der Waals surface area contributed by atoms with Gasteiger partial charge in [0, 0.05) is 6.20 Å². The van der Waals surface area contributed by atoms with Crippen LogP contribution in [0.3, 0.4) is 0 Å². The summed E-state index contributed by atoms with van der Waals surface area (Å²) in [5.41, 5.74) is 2.46. The maximum Gasteiger partial charge on any atom is 0.137 e. The Balaban J connectivity index is 2.36. The molecule has 0 fully saturated rings. The molecule has 1 unspecified atom stereocenters. The fraction of sp³-hybridized carbons (Fsp3) is 0.312. The van der Waals surface area contributed by atoms with Crippen LogP contribution >= 0.6 is 0 Å². The third kappa shape index (κ3) is 3.14. The minimum Gasteiger partial charge on any atom is -0.492 e. The summed E-state index contributed by atoms with van der Waals surface area (Å²) in [5.74, 6) is 0.523. The molecule has 0 aliphatic heterocycles. The van der Waals surface area contributed by atoms with Gasteiger partial charge in [0.25, 0.3) is 0 Å². The summed E-state index contributed by atoms with van der Waals surface area (Å²) in [7, 11) is 1.84. The Bertz CT molecular complexity index is 586. The molecular formula is C16H19FN2O. The molecule has 20 heavy (non-hydrogen) atoms. The number of halogens is 1. The first kappa shape index (κ1) is 14.5. The summed E-state index contributed by atoms with van der Waals surface area (Å²) in [5, 5.41) is 3.19. The minimum atomic E-state index is -0.198. The molecule has 0 aliphatic carbocycles. The summed E-state index contributed by atoms with van der Waals surface area (Å²) < 4.78 is 19.2. The van der Waals surface area contributed by atoms with Crippen molar-refractivity contribution in [3.05, 3.63) is 59.2 Å². The van der Waals surface area contributed by atoms with Crippen LogP contribution in [0.15, 0.2) is 36.7 Å². The maximum atomic E-state index is 13.7. The summed E-state index contributed by atoms with van der Waals surface area (Å²) in [6, 6.07) is 7.08. The predicted molar refractivity (Wildman–Crippen MR) is 77.4 cm³/mol. The molecule has 2 rings (SSSR count). The SMILES string of the molecule is CCOc1cncc(C(NC)c2ccc(C)c(F)c2)c1.